The number of aromatic nitrogens is 2. The molecule has 2 aromatic carbocycles. The second-order valence-corrected chi connectivity index (χ2v) is 8.32. The molecule has 0 atom stereocenters. The van der Waals surface area contributed by atoms with E-state index in [1.807, 2.05) is 48.5 Å². The molecule has 1 spiro atoms. The van der Waals surface area contributed by atoms with Crippen LogP contribution in [0.15, 0.2) is 71.0 Å². The van der Waals surface area contributed by atoms with Crippen molar-refractivity contribution in [2.75, 3.05) is 0 Å². The molecule has 2 heterocycles. The van der Waals surface area contributed by atoms with E-state index in [1.165, 1.54) is 15.4 Å². The van der Waals surface area contributed by atoms with E-state index in [0.717, 1.165) is 32.1 Å². The second kappa shape index (κ2) is 7.61. The molecule has 1 aromatic heterocycles. The summed E-state index contributed by atoms with van der Waals surface area (Å²) in [6, 6.07) is 18.3. The van der Waals surface area contributed by atoms with E-state index in [1.54, 1.807) is 12.1 Å². The fraction of sp³-hybridized carbons (Fsp3) is 0.280. The Hall–Kier alpha value is -3.54. The average molecular weight is 416 g/mol. The third kappa shape index (κ3) is 3.38. The fourth-order valence-corrected chi connectivity index (χ4v) is 4.72. The first kappa shape index (κ1) is 19.4. The molecule has 158 valence electrons. The number of hydrogen-bond acceptors (Lipinski definition) is 4. The third-order valence-corrected chi connectivity index (χ3v) is 6.23. The van der Waals surface area contributed by atoms with Gasteiger partial charge in [0, 0.05) is 12.0 Å². The topological polar surface area (TPSA) is 73.5 Å². The van der Waals surface area contributed by atoms with Crippen molar-refractivity contribution in [3.05, 3.63) is 82.2 Å². The Kier molecular flexibility index (Phi) is 4.77. The van der Waals surface area contributed by atoms with Crippen molar-refractivity contribution in [1.29, 1.82) is 0 Å². The van der Waals surface area contributed by atoms with Crippen LogP contribution in [0, 0.1) is 0 Å². The first-order valence-corrected chi connectivity index (χ1v) is 10.7. The normalized spacial score (nSPS) is 19.1. The largest absolute Gasteiger partial charge is 0.493 e. The van der Waals surface area contributed by atoms with Crippen LogP contribution in [-0.2, 0) is 9.53 Å². The van der Waals surface area contributed by atoms with Crippen molar-refractivity contribution in [3.8, 4) is 17.3 Å². The lowest BCUT2D eigenvalue weighted by Gasteiger charge is -2.31. The highest BCUT2D eigenvalue weighted by atomic mass is 16.6. The summed E-state index contributed by atoms with van der Waals surface area (Å²) in [6.45, 7) is 0. The van der Waals surface area contributed by atoms with Crippen LogP contribution in [0.4, 0.5) is 0 Å². The molecular weight excluding hydrogens is 392 g/mol. The van der Waals surface area contributed by atoms with Crippen LogP contribution < -0.4 is 5.56 Å². The maximum Gasteiger partial charge on any atom is 0.334 e. The molecule has 6 heteroatoms. The van der Waals surface area contributed by atoms with E-state index in [4.69, 9.17) is 4.74 Å². The summed E-state index contributed by atoms with van der Waals surface area (Å²) in [5, 5.41) is 11.1. The van der Waals surface area contributed by atoms with E-state index in [0.29, 0.717) is 23.4 Å². The summed E-state index contributed by atoms with van der Waals surface area (Å²) in [5.74, 6) is -0.593. The Bertz CT molecular complexity index is 1200. The number of benzene rings is 2. The van der Waals surface area contributed by atoms with Crippen molar-refractivity contribution in [1.82, 2.24) is 9.36 Å². The molecule has 5 rings (SSSR count). The van der Waals surface area contributed by atoms with Gasteiger partial charge >= 0.3 is 5.97 Å². The summed E-state index contributed by atoms with van der Waals surface area (Å²) < 4.78 is 8.65. The van der Waals surface area contributed by atoms with E-state index in [9.17, 15) is 14.7 Å². The van der Waals surface area contributed by atoms with Crippen LogP contribution in [0.1, 0.15) is 44.1 Å². The van der Waals surface area contributed by atoms with Gasteiger partial charge in [0.15, 0.2) is 0 Å². The van der Waals surface area contributed by atoms with Gasteiger partial charge < -0.3 is 9.84 Å². The van der Waals surface area contributed by atoms with Gasteiger partial charge in [0.05, 0.1) is 11.4 Å². The molecular formula is C25H24N2O4. The smallest absolute Gasteiger partial charge is 0.334 e. The lowest BCUT2D eigenvalue weighted by molar-refractivity contribution is -0.148. The third-order valence-electron chi connectivity index (χ3n) is 6.23. The SMILES string of the molecule is O=C1OC2(CCCCC2)CC1=Cc1c(O)n(-c2ccccc2)n(-c2ccccc2)c1=O. The van der Waals surface area contributed by atoms with Crippen LogP contribution >= 0.6 is 0 Å². The lowest BCUT2D eigenvalue weighted by Crippen LogP contribution is -2.30. The zero-order valence-corrected chi connectivity index (χ0v) is 17.2. The van der Waals surface area contributed by atoms with Gasteiger partial charge in [0.25, 0.3) is 5.56 Å². The Labute approximate surface area is 180 Å². The predicted molar refractivity (Wildman–Crippen MR) is 118 cm³/mol. The summed E-state index contributed by atoms with van der Waals surface area (Å²) in [5.41, 5.74) is 0.958. The van der Waals surface area contributed by atoms with Crippen LogP contribution in [-0.4, -0.2) is 26.0 Å². The molecule has 3 aromatic rings. The highest BCUT2D eigenvalue weighted by Crippen LogP contribution is 2.42. The minimum atomic E-state index is -0.447. The number of aromatic hydroxyl groups is 1. The van der Waals surface area contributed by atoms with Gasteiger partial charge in [-0.25, -0.2) is 14.2 Å². The minimum Gasteiger partial charge on any atom is -0.493 e. The molecule has 1 aliphatic carbocycles. The first-order chi connectivity index (χ1) is 15.1. The second-order valence-electron chi connectivity index (χ2n) is 8.32. The maximum atomic E-state index is 13.4. The highest BCUT2D eigenvalue weighted by molar-refractivity contribution is 5.96. The van der Waals surface area contributed by atoms with Crippen LogP contribution in [0.3, 0.4) is 0 Å². The summed E-state index contributed by atoms with van der Waals surface area (Å²) in [7, 11) is 0. The van der Waals surface area contributed by atoms with Gasteiger partial charge in [0.2, 0.25) is 5.88 Å². The molecule has 0 unspecified atom stereocenters. The summed E-state index contributed by atoms with van der Waals surface area (Å²) >= 11 is 0. The summed E-state index contributed by atoms with van der Waals surface area (Å²) in [4.78, 5) is 26.1. The van der Waals surface area contributed by atoms with E-state index in [2.05, 4.69) is 0 Å². The molecule has 0 amide bonds. The van der Waals surface area contributed by atoms with Crippen molar-refractivity contribution >= 4 is 12.0 Å². The van der Waals surface area contributed by atoms with Crippen molar-refractivity contribution in [2.45, 2.75) is 44.1 Å². The van der Waals surface area contributed by atoms with Gasteiger partial charge in [0.1, 0.15) is 11.2 Å². The molecule has 1 N–H and O–H groups in total. The Morgan fingerprint density at radius 2 is 1.42 bits per heavy atom. The fourth-order valence-electron chi connectivity index (χ4n) is 4.72. The predicted octanol–water partition coefficient (Wildman–Crippen LogP) is 4.37. The Morgan fingerprint density at radius 1 is 0.839 bits per heavy atom. The minimum absolute atomic E-state index is 0.0903. The molecule has 2 aliphatic rings. The monoisotopic (exact) mass is 416 g/mol. The zero-order chi connectivity index (χ0) is 21.4. The highest BCUT2D eigenvalue weighted by Gasteiger charge is 2.44. The molecule has 1 aliphatic heterocycles. The maximum absolute atomic E-state index is 13.4. The zero-order valence-electron chi connectivity index (χ0n) is 17.2. The van der Waals surface area contributed by atoms with Gasteiger partial charge in [-0.3, -0.25) is 4.79 Å². The average Bonchev–Trinajstić information content (AvgIpc) is 3.23. The number of hydrogen-bond donors (Lipinski definition) is 1. The van der Waals surface area contributed by atoms with E-state index in [-0.39, 0.29) is 17.4 Å². The number of para-hydroxylation sites is 2. The quantitative estimate of drug-likeness (QED) is 0.508. The molecule has 1 saturated heterocycles. The van der Waals surface area contributed by atoms with Crippen LogP contribution in [0.25, 0.3) is 17.5 Å². The number of rotatable bonds is 3. The summed E-state index contributed by atoms with van der Waals surface area (Å²) in [6.07, 6.45) is 6.92. The molecule has 2 fully saturated rings. The molecule has 6 nitrogen and oxygen atoms in total. The lowest BCUT2D eigenvalue weighted by atomic mass is 9.82. The van der Waals surface area contributed by atoms with Crippen LogP contribution in [0.2, 0.25) is 0 Å². The Morgan fingerprint density at radius 3 is 2.03 bits per heavy atom. The molecule has 1 saturated carbocycles. The van der Waals surface area contributed by atoms with E-state index >= 15 is 0 Å². The van der Waals surface area contributed by atoms with Gasteiger partial charge in [-0.1, -0.05) is 42.8 Å². The number of esters is 1. The number of nitrogens with zero attached hydrogens (tertiary/aromatic N) is 2. The number of ether oxygens (including phenoxy) is 1. The Balaban J connectivity index is 1.65. The molecule has 31 heavy (non-hydrogen) atoms. The van der Waals surface area contributed by atoms with Gasteiger partial charge in [-0.2, -0.15) is 0 Å². The van der Waals surface area contributed by atoms with Gasteiger partial charge in [-0.15, -0.1) is 0 Å². The first-order valence-electron chi connectivity index (χ1n) is 10.7. The molecule has 0 radical (unpaired) electrons. The number of carbonyl (C=O) groups excluding carboxylic acids is 1. The van der Waals surface area contributed by atoms with Crippen molar-refractivity contribution < 1.29 is 14.6 Å². The standard InChI is InChI=1S/C25H24N2O4/c28-22-21(16-18-17-25(31-24(18)30)14-8-3-9-15-25)23(29)27(20-12-6-2-7-13-20)26(22)19-10-4-1-5-11-19/h1-2,4-7,10-13,16,28H,3,8-9,14-15,17H2. The van der Waals surface area contributed by atoms with Crippen molar-refractivity contribution in [2.24, 2.45) is 0 Å². The van der Waals surface area contributed by atoms with Crippen LogP contribution in [0.5, 0.6) is 5.88 Å². The van der Waals surface area contributed by atoms with E-state index < -0.39 is 11.2 Å². The van der Waals surface area contributed by atoms with Gasteiger partial charge in [-0.05, 0) is 56.0 Å². The van der Waals surface area contributed by atoms with Crippen molar-refractivity contribution in [3.63, 3.8) is 0 Å². The number of carbonyl (C=O) groups is 1. The molecule has 0 bridgehead atoms.